The van der Waals surface area contributed by atoms with Gasteiger partial charge in [0.1, 0.15) is 11.9 Å². The Hall–Kier alpha value is -1.84. The first-order valence-corrected chi connectivity index (χ1v) is 5.86. The lowest BCUT2D eigenvalue weighted by Crippen LogP contribution is -2.18. The quantitative estimate of drug-likeness (QED) is 0.629. The minimum atomic E-state index is -0.585. The summed E-state index contributed by atoms with van der Waals surface area (Å²) in [6.45, 7) is 0. The molecule has 2 N–H and O–H groups in total. The smallest absolute Gasteiger partial charge is 0.435 e. The number of hydrogen-bond acceptors (Lipinski definition) is 2. The van der Waals surface area contributed by atoms with Gasteiger partial charge in [0.05, 0.1) is 0 Å². The van der Waals surface area contributed by atoms with Crippen molar-refractivity contribution in [2.24, 2.45) is 10.7 Å². The average Bonchev–Trinajstić information content (AvgIpc) is 2.82. The molecule has 0 aliphatic heterocycles. The Morgan fingerprint density at radius 3 is 2.53 bits per heavy atom. The van der Waals surface area contributed by atoms with Gasteiger partial charge in [0.2, 0.25) is 0 Å². The molecule has 1 aliphatic rings. The summed E-state index contributed by atoms with van der Waals surface area (Å²) in [6, 6.07) is 9.19. The van der Waals surface area contributed by atoms with Crippen LogP contribution in [0, 0.1) is 0 Å². The van der Waals surface area contributed by atoms with Crippen LogP contribution in [0.25, 0.3) is 0 Å². The van der Waals surface area contributed by atoms with E-state index in [1.165, 1.54) is 0 Å². The van der Waals surface area contributed by atoms with Gasteiger partial charge in [-0.2, -0.15) is 4.99 Å². The molecule has 1 aromatic carbocycles. The van der Waals surface area contributed by atoms with Crippen LogP contribution in [0.4, 0.5) is 4.79 Å². The zero-order valence-electron chi connectivity index (χ0n) is 9.63. The van der Waals surface area contributed by atoms with E-state index in [4.69, 9.17) is 10.5 Å². The lowest BCUT2D eigenvalue weighted by Gasteiger charge is -2.08. The molecular weight excluding hydrogens is 216 g/mol. The maximum Gasteiger partial charge on any atom is 0.435 e. The number of rotatable bonds is 2. The second kappa shape index (κ2) is 5.48. The summed E-state index contributed by atoms with van der Waals surface area (Å²) in [7, 11) is 0. The lowest BCUT2D eigenvalue weighted by atomic mass is 10.2. The highest BCUT2D eigenvalue weighted by atomic mass is 16.6. The molecule has 4 heteroatoms. The van der Waals surface area contributed by atoms with Crippen molar-refractivity contribution in [2.75, 3.05) is 0 Å². The van der Waals surface area contributed by atoms with E-state index in [1.807, 2.05) is 30.3 Å². The van der Waals surface area contributed by atoms with Gasteiger partial charge in [-0.05, 0) is 25.7 Å². The van der Waals surface area contributed by atoms with E-state index in [1.54, 1.807) is 0 Å². The fraction of sp³-hybridized carbons (Fsp3) is 0.385. The van der Waals surface area contributed by atoms with E-state index in [2.05, 4.69) is 4.99 Å². The Kier molecular flexibility index (Phi) is 3.75. The topological polar surface area (TPSA) is 64.7 Å². The van der Waals surface area contributed by atoms with E-state index in [0.29, 0.717) is 0 Å². The van der Waals surface area contributed by atoms with Gasteiger partial charge in [-0.25, -0.2) is 4.79 Å². The molecule has 0 radical (unpaired) electrons. The first-order chi connectivity index (χ1) is 8.25. The van der Waals surface area contributed by atoms with Crippen LogP contribution in [0.3, 0.4) is 0 Å². The largest absolute Gasteiger partial charge is 0.445 e. The lowest BCUT2D eigenvalue weighted by molar-refractivity contribution is 0.111. The maximum absolute atomic E-state index is 11.5. The molecule has 0 aromatic heterocycles. The van der Waals surface area contributed by atoms with Crippen molar-refractivity contribution in [1.82, 2.24) is 0 Å². The number of carbonyl (C=O) groups excluding carboxylic acids is 1. The van der Waals surface area contributed by atoms with E-state index in [9.17, 15) is 4.79 Å². The third-order valence-corrected chi connectivity index (χ3v) is 2.85. The number of amides is 1. The third-order valence-electron chi connectivity index (χ3n) is 2.85. The summed E-state index contributed by atoms with van der Waals surface area (Å²) < 4.78 is 5.20. The van der Waals surface area contributed by atoms with Gasteiger partial charge in [0.25, 0.3) is 0 Å². The second-order valence-corrected chi connectivity index (χ2v) is 4.15. The summed E-state index contributed by atoms with van der Waals surface area (Å²) >= 11 is 0. The number of hydrogen-bond donors (Lipinski definition) is 1. The minimum absolute atomic E-state index is 0.0230. The van der Waals surface area contributed by atoms with Crippen molar-refractivity contribution >= 4 is 11.9 Å². The zero-order chi connectivity index (χ0) is 12.1. The van der Waals surface area contributed by atoms with Crippen molar-refractivity contribution < 1.29 is 9.53 Å². The zero-order valence-corrected chi connectivity index (χ0v) is 9.63. The van der Waals surface area contributed by atoms with Crippen LogP contribution in [0.2, 0.25) is 0 Å². The van der Waals surface area contributed by atoms with Gasteiger partial charge >= 0.3 is 6.09 Å². The maximum atomic E-state index is 11.5. The molecular formula is C13H16N2O2. The molecule has 1 amide bonds. The van der Waals surface area contributed by atoms with Crippen molar-refractivity contribution in [3.8, 4) is 0 Å². The molecule has 0 spiro atoms. The van der Waals surface area contributed by atoms with E-state index < -0.39 is 6.09 Å². The number of carbonyl (C=O) groups is 1. The second-order valence-electron chi connectivity index (χ2n) is 4.15. The van der Waals surface area contributed by atoms with E-state index >= 15 is 0 Å². The number of nitrogens with zero attached hydrogens (tertiary/aromatic N) is 1. The highest BCUT2D eigenvalue weighted by Crippen LogP contribution is 2.21. The predicted octanol–water partition coefficient (Wildman–Crippen LogP) is 2.47. The van der Waals surface area contributed by atoms with Crippen LogP contribution in [-0.2, 0) is 4.74 Å². The van der Waals surface area contributed by atoms with Crippen LogP contribution in [0.1, 0.15) is 31.2 Å². The summed E-state index contributed by atoms with van der Waals surface area (Å²) in [5, 5.41) is 0. The van der Waals surface area contributed by atoms with Crippen LogP contribution in [0.5, 0.6) is 0 Å². The number of benzene rings is 1. The van der Waals surface area contributed by atoms with Crippen LogP contribution < -0.4 is 5.73 Å². The van der Waals surface area contributed by atoms with Gasteiger partial charge in [-0.15, -0.1) is 0 Å². The molecule has 1 fully saturated rings. The highest BCUT2D eigenvalue weighted by Gasteiger charge is 2.19. The summed E-state index contributed by atoms with van der Waals surface area (Å²) in [6.07, 6.45) is 3.55. The van der Waals surface area contributed by atoms with Gasteiger partial charge in [-0.1, -0.05) is 30.3 Å². The summed E-state index contributed by atoms with van der Waals surface area (Å²) in [5.41, 5.74) is 6.45. The van der Waals surface area contributed by atoms with Gasteiger partial charge < -0.3 is 10.5 Å². The molecule has 2 rings (SSSR count). The number of nitrogens with two attached hydrogens (primary N) is 1. The number of ether oxygens (including phenoxy) is 1. The average molecular weight is 232 g/mol. The van der Waals surface area contributed by atoms with Crippen molar-refractivity contribution in [3.05, 3.63) is 35.9 Å². The normalized spacial score (nSPS) is 17.1. The Morgan fingerprint density at radius 2 is 1.88 bits per heavy atom. The van der Waals surface area contributed by atoms with Gasteiger partial charge in [0.15, 0.2) is 0 Å². The standard InChI is InChI=1S/C13H16N2O2/c14-12(10-6-2-1-3-7-10)15-13(16)17-11-8-4-5-9-11/h1-3,6-7,11H,4-5,8-9H2,(H2,14,15,16). The number of amidine groups is 1. The van der Waals surface area contributed by atoms with E-state index in [-0.39, 0.29) is 11.9 Å². The highest BCUT2D eigenvalue weighted by molar-refractivity contribution is 6.02. The molecule has 1 saturated carbocycles. The molecule has 0 unspecified atom stereocenters. The van der Waals surface area contributed by atoms with Crippen LogP contribution in [0.15, 0.2) is 35.3 Å². The minimum Gasteiger partial charge on any atom is -0.445 e. The van der Waals surface area contributed by atoms with Crippen molar-refractivity contribution in [2.45, 2.75) is 31.8 Å². The molecule has 0 atom stereocenters. The fourth-order valence-corrected chi connectivity index (χ4v) is 1.95. The molecule has 0 heterocycles. The Bertz CT molecular complexity index is 409. The van der Waals surface area contributed by atoms with Gasteiger partial charge in [0, 0.05) is 5.56 Å². The van der Waals surface area contributed by atoms with E-state index in [0.717, 1.165) is 31.2 Å². The Balaban J connectivity index is 1.96. The summed E-state index contributed by atoms with van der Waals surface area (Å²) in [5.74, 6) is 0.202. The molecule has 0 saturated heterocycles. The SMILES string of the molecule is NC(=NC(=O)OC1CCCC1)c1ccccc1. The fourth-order valence-electron chi connectivity index (χ4n) is 1.95. The number of aliphatic imine (C=N–C) groups is 1. The van der Waals surface area contributed by atoms with Crippen LogP contribution in [-0.4, -0.2) is 18.0 Å². The first kappa shape index (κ1) is 11.6. The Labute approximate surface area is 100 Å². The molecule has 1 aromatic rings. The molecule has 17 heavy (non-hydrogen) atoms. The summed E-state index contributed by atoms with van der Waals surface area (Å²) in [4.78, 5) is 15.2. The first-order valence-electron chi connectivity index (χ1n) is 5.86. The van der Waals surface area contributed by atoms with Crippen molar-refractivity contribution in [3.63, 3.8) is 0 Å². The van der Waals surface area contributed by atoms with Crippen molar-refractivity contribution in [1.29, 1.82) is 0 Å². The molecule has 4 nitrogen and oxygen atoms in total. The molecule has 0 bridgehead atoms. The predicted molar refractivity (Wildman–Crippen MR) is 65.9 cm³/mol. The molecule has 1 aliphatic carbocycles. The van der Waals surface area contributed by atoms with Crippen LogP contribution >= 0.6 is 0 Å². The molecule has 90 valence electrons. The monoisotopic (exact) mass is 232 g/mol. The van der Waals surface area contributed by atoms with Gasteiger partial charge in [-0.3, -0.25) is 0 Å². The Morgan fingerprint density at radius 1 is 1.24 bits per heavy atom. The third kappa shape index (κ3) is 3.31.